The van der Waals surface area contributed by atoms with Gasteiger partial charge in [0, 0.05) is 13.0 Å². The van der Waals surface area contributed by atoms with Gasteiger partial charge in [-0.25, -0.2) is 10.5 Å². The highest BCUT2D eigenvalue weighted by Crippen LogP contribution is 2.29. The van der Waals surface area contributed by atoms with Gasteiger partial charge in [-0.15, -0.1) is 23.4 Å². The second-order valence-corrected chi connectivity index (χ2v) is 5.90. The monoisotopic (exact) mass is 406 g/mol. The molecule has 0 saturated heterocycles. The summed E-state index contributed by atoms with van der Waals surface area (Å²) in [5, 5.41) is 7.62. The molecule has 0 amide bonds. The molecule has 0 saturated carbocycles. The van der Waals surface area contributed by atoms with E-state index in [1.54, 1.807) is 25.1 Å². The van der Waals surface area contributed by atoms with Crippen molar-refractivity contribution in [3.8, 4) is 23.1 Å². The number of nitrogens with one attached hydrogen (secondary N) is 1. The number of nitrogens with zero attached hydrogens (tertiary/aromatic N) is 3. The number of alkyl halides is 3. The standard InChI is InChI=1S/C18H13F3N4O4/c1-10-23-24-17(26-10)14-7-6-13(9-22-14)27-16-8-15(29-25-16)11-2-4-12(5-3-11)28-18(19,20)21/h2-9,15,25H,1H3/t15-/m0/s1. The van der Waals surface area contributed by atoms with Crippen LogP contribution in [0.1, 0.15) is 17.6 Å². The Balaban J connectivity index is 1.40. The number of hydroxylamine groups is 1. The van der Waals surface area contributed by atoms with Crippen LogP contribution in [0.3, 0.4) is 0 Å². The Morgan fingerprint density at radius 1 is 1.03 bits per heavy atom. The largest absolute Gasteiger partial charge is 0.573 e. The predicted molar refractivity (Wildman–Crippen MR) is 91.1 cm³/mol. The Hall–Kier alpha value is -3.60. The van der Waals surface area contributed by atoms with Gasteiger partial charge in [-0.1, -0.05) is 12.1 Å². The summed E-state index contributed by atoms with van der Waals surface area (Å²) in [4.78, 5) is 9.57. The third kappa shape index (κ3) is 4.63. The first kappa shape index (κ1) is 18.7. The first-order valence-electron chi connectivity index (χ1n) is 8.29. The molecule has 2 aromatic heterocycles. The number of halogens is 3. The summed E-state index contributed by atoms with van der Waals surface area (Å²) >= 11 is 0. The molecule has 0 fully saturated rings. The van der Waals surface area contributed by atoms with E-state index >= 15 is 0 Å². The first-order valence-corrected chi connectivity index (χ1v) is 8.29. The van der Waals surface area contributed by atoms with E-state index < -0.39 is 12.5 Å². The Bertz CT molecular complexity index is 1020. The number of aryl methyl sites for hydroxylation is 1. The van der Waals surface area contributed by atoms with Crippen LogP contribution in [-0.4, -0.2) is 21.5 Å². The van der Waals surface area contributed by atoms with Crippen LogP contribution in [0.2, 0.25) is 0 Å². The van der Waals surface area contributed by atoms with Crippen molar-refractivity contribution in [3.05, 3.63) is 66.0 Å². The molecular weight excluding hydrogens is 393 g/mol. The lowest BCUT2D eigenvalue weighted by Gasteiger charge is -2.11. The molecule has 3 heterocycles. The van der Waals surface area contributed by atoms with Crippen LogP contribution < -0.4 is 15.0 Å². The van der Waals surface area contributed by atoms with Crippen LogP contribution in [-0.2, 0) is 4.84 Å². The van der Waals surface area contributed by atoms with Gasteiger partial charge in [0.05, 0.1) is 6.20 Å². The van der Waals surface area contributed by atoms with Crippen molar-refractivity contribution >= 4 is 0 Å². The van der Waals surface area contributed by atoms with Crippen LogP contribution in [0.5, 0.6) is 11.5 Å². The lowest BCUT2D eigenvalue weighted by atomic mass is 10.1. The quantitative estimate of drug-likeness (QED) is 0.684. The van der Waals surface area contributed by atoms with Gasteiger partial charge in [0.2, 0.25) is 11.8 Å². The Morgan fingerprint density at radius 2 is 1.79 bits per heavy atom. The van der Waals surface area contributed by atoms with E-state index in [1.807, 2.05) is 0 Å². The second-order valence-electron chi connectivity index (χ2n) is 5.90. The molecular formula is C18H13F3N4O4. The maximum Gasteiger partial charge on any atom is 0.573 e. The summed E-state index contributed by atoms with van der Waals surface area (Å²) in [7, 11) is 0. The average Bonchev–Trinajstić information content (AvgIpc) is 3.31. The van der Waals surface area contributed by atoms with Gasteiger partial charge in [0.25, 0.3) is 5.89 Å². The zero-order valence-electron chi connectivity index (χ0n) is 14.8. The summed E-state index contributed by atoms with van der Waals surface area (Å²) in [6, 6.07) is 8.68. The Labute approximate surface area is 161 Å². The summed E-state index contributed by atoms with van der Waals surface area (Å²) < 4.78 is 51.5. The molecule has 3 aromatic rings. The summed E-state index contributed by atoms with van der Waals surface area (Å²) in [5.74, 6) is 1.17. The van der Waals surface area contributed by atoms with Crippen molar-refractivity contribution in [2.24, 2.45) is 0 Å². The van der Waals surface area contributed by atoms with Crippen LogP contribution in [0.4, 0.5) is 13.2 Å². The maximum absolute atomic E-state index is 12.2. The molecule has 1 aliphatic heterocycles. The minimum Gasteiger partial charge on any atom is -0.438 e. The van der Waals surface area contributed by atoms with Crippen molar-refractivity contribution in [1.29, 1.82) is 0 Å². The van der Waals surface area contributed by atoms with Gasteiger partial charge in [-0.3, -0.25) is 4.84 Å². The molecule has 0 aliphatic carbocycles. The maximum atomic E-state index is 12.2. The average molecular weight is 406 g/mol. The highest BCUT2D eigenvalue weighted by atomic mass is 19.4. The van der Waals surface area contributed by atoms with Crippen molar-refractivity contribution in [2.45, 2.75) is 19.4 Å². The first-order chi connectivity index (χ1) is 13.9. The zero-order chi connectivity index (χ0) is 20.4. The van der Waals surface area contributed by atoms with Crippen LogP contribution in [0, 0.1) is 6.92 Å². The molecule has 0 unspecified atom stereocenters. The zero-order valence-corrected chi connectivity index (χ0v) is 14.8. The number of hydrogen-bond acceptors (Lipinski definition) is 8. The van der Waals surface area contributed by atoms with Gasteiger partial charge in [-0.2, -0.15) is 0 Å². The fraction of sp³-hybridized carbons (Fsp3) is 0.167. The fourth-order valence-corrected chi connectivity index (χ4v) is 2.50. The second kappa shape index (κ2) is 7.43. The third-order valence-corrected chi connectivity index (χ3v) is 3.74. The van der Waals surface area contributed by atoms with Gasteiger partial charge < -0.3 is 13.9 Å². The molecule has 0 bridgehead atoms. The number of benzene rings is 1. The molecule has 1 aromatic carbocycles. The number of aromatic nitrogens is 3. The molecule has 0 radical (unpaired) electrons. The molecule has 4 rings (SSSR count). The summed E-state index contributed by atoms with van der Waals surface area (Å²) in [6.45, 7) is 1.68. The fourth-order valence-electron chi connectivity index (χ4n) is 2.50. The van der Waals surface area contributed by atoms with Crippen LogP contribution in [0.15, 0.2) is 59.0 Å². The molecule has 1 aliphatic rings. The van der Waals surface area contributed by atoms with E-state index in [0.29, 0.717) is 34.7 Å². The highest BCUT2D eigenvalue weighted by molar-refractivity contribution is 5.47. The van der Waals surface area contributed by atoms with Gasteiger partial charge in [0.1, 0.15) is 23.3 Å². The molecule has 29 heavy (non-hydrogen) atoms. The van der Waals surface area contributed by atoms with Gasteiger partial charge >= 0.3 is 6.36 Å². The topological polar surface area (TPSA) is 91.5 Å². The number of hydrogen-bond donors (Lipinski definition) is 1. The molecule has 1 atom stereocenters. The minimum absolute atomic E-state index is 0.300. The molecule has 1 N–H and O–H groups in total. The molecule has 150 valence electrons. The normalized spacial score (nSPS) is 16.3. The van der Waals surface area contributed by atoms with Crippen molar-refractivity contribution in [3.63, 3.8) is 0 Å². The van der Waals surface area contributed by atoms with E-state index in [0.717, 1.165) is 0 Å². The van der Waals surface area contributed by atoms with E-state index in [2.05, 4.69) is 25.4 Å². The number of pyridine rings is 1. The van der Waals surface area contributed by atoms with Crippen molar-refractivity contribution in [2.75, 3.05) is 0 Å². The third-order valence-electron chi connectivity index (χ3n) is 3.74. The van der Waals surface area contributed by atoms with Gasteiger partial charge in [0.15, 0.2) is 0 Å². The van der Waals surface area contributed by atoms with E-state index in [9.17, 15) is 13.2 Å². The van der Waals surface area contributed by atoms with Crippen LogP contribution >= 0.6 is 0 Å². The van der Waals surface area contributed by atoms with E-state index in [1.165, 1.54) is 30.5 Å². The number of rotatable bonds is 5. The van der Waals surface area contributed by atoms with Crippen molar-refractivity contribution in [1.82, 2.24) is 20.7 Å². The smallest absolute Gasteiger partial charge is 0.438 e. The van der Waals surface area contributed by atoms with E-state index in [4.69, 9.17) is 14.0 Å². The minimum atomic E-state index is -4.74. The summed E-state index contributed by atoms with van der Waals surface area (Å²) in [6.07, 6.45) is -2.17. The molecule has 11 heteroatoms. The molecule has 0 spiro atoms. The summed E-state index contributed by atoms with van der Waals surface area (Å²) in [5.41, 5.74) is 3.73. The predicted octanol–water partition coefficient (Wildman–Crippen LogP) is 3.83. The Morgan fingerprint density at radius 3 is 2.41 bits per heavy atom. The van der Waals surface area contributed by atoms with Gasteiger partial charge in [-0.05, 0) is 29.8 Å². The number of ether oxygens (including phenoxy) is 2. The lowest BCUT2D eigenvalue weighted by molar-refractivity contribution is -0.274. The lowest BCUT2D eigenvalue weighted by Crippen LogP contribution is -2.17. The molecule has 8 nitrogen and oxygen atoms in total. The van der Waals surface area contributed by atoms with E-state index in [-0.39, 0.29) is 5.75 Å². The highest BCUT2D eigenvalue weighted by Gasteiger charge is 2.31. The SMILES string of the molecule is Cc1nnc(-c2ccc(OC3=C[C@@H](c4ccc(OC(F)(F)F)cc4)ON3)cn2)o1. The van der Waals surface area contributed by atoms with Crippen molar-refractivity contribution < 1.29 is 31.9 Å². The Kier molecular flexibility index (Phi) is 4.80. The van der Waals surface area contributed by atoms with Crippen LogP contribution in [0.25, 0.3) is 11.6 Å².